The molecule has 2 aromatic rings. The van der Waals surface area contributed by atoms with Gasteiger partial charge in [0.25, 0.3) is 11.1 Å². The van der Waals surface area contributed by atoms with Crippen LogP contribution < -0.4 is 14.8 Å². The highest BCUT2D eigenvalue weighted by Gasteiger charge is 2.36. The third kappa shape index (κ3) is 5.71. The van der Waals surface area contributed by atoms with Crippen LogP contribution in [0.4, 0.5) is 23.7 Å². The molecular weight excluding hydrogens is 473 g/mol. The van der Waals surface area contributed by atoms with Gasteiger partial charge in [-0.3, -0.25) is 19.3 Å². The van der Waals surface area contributed by atoms with E-state index in [2.05, 4.69) is 0 Å². The summed E-state index contributed by atoms with van der Waals surface area (Å²) in [4.78, 5) is 37.9. The molecule has 11 heteroatoms. The van der Waals surface area contributed by atoms with E-state index in [0.29, 0.717) is 52.3 Å². The smallest absolute Gasteiger partial charge is 0.294 e. The number of carbonyl (C=O) groups is 3. The monoisotopic (exact) mass is 494 g/mol. The van der Waals surface area contributed by atoms with Crippen molar-refractivity contribution in [2.75, 3.05) is 25.6 Å². The molecular formula is C23H21F3N2O5S. The maximum absolute atomic E-state index is 13.8. The molecule has 0 radical (unpaired) electrons. The summed E-state index contributed by atoms with van der Waals surface area (Å²) in [6, 6.07) is 6.49. The fraction of sp³-hybridized carbons (Fsp3) is 0.261. The Balaban J connectivity index is 1.71. The van der Waals surface area contributed by atoms with Crippen molar-refractivity contribution in [2.24, 2.45) is 5.92 Å². The van der Waals surface area contributed by atoms with Gasteiger partial charge in [-0.05, 0) is 53.6 Å². The van der Waals surface area contributed by atoms with Crippen LogP contribution in [-0.2, 0) is 9.59 Å². The predicted molar refractivity (Wildman–Crippen MR) is 121 cm³/mol. The molecule has 1 saturated heterocycles. The first kappa shape index (κ1) is 25.2. The van der Waals surface area contributed by atoms with Crippen molar-refractivity contribution in [2.45, 2.75) is 13.8 Å². The average molecular weight is 494 g/mol. The summed E-state index contributed by atoms with van der Waals surface area (Å²) in [5.41, 5.74) is -0.0501. The van der Waals surface area contributed by atoms with Crippen LogP contribution in [0.15, 0.2) is 35.2 Å². The van der Waals surface area contributed by atoms with Crippen LogP contribution in [0.3, 0.4) is 0 Å². The van der Waals surface area contributed by atoms with Gasteiger partial charge in [-0.15, -0.1) is 0 Å². The van der Waals surface area contributed by atoms with Gasteiger partial charge in [0.2, 0.25) is 5.91 Å². The van der Waals surface area contributed by atoms with Crippen LogP contribution in [0.5, 0.6) is 11.5 Å². The normalized spacial score (nSPS) is 14.8. The van der Waals surface area contributed by atoms with Crippen molar-refractivity contribution in [3.63, 3.8) is 0 Å². The number of nitrogens with zero attached hydrogens (tertiary/aromatic N) is 1. The van der Waals surface area contributed by atoms with Gasteiger partial charge in [-0.2, -0.15) is 0 Å². The number of methoxy groups -OCH3 is 1. The molecule has 0 aliphatic carbocycles. The van der Waals surface area contributed by atoms with Crippen molar-refractivity contribution >= 4 is 40.6 Å². The highest BCUT2D eigenvalue weighted by molar-refractivity contribution is 8.18. The minimum absolute atomic E-state index is 0.0645. The third-order valence-corrected chi connectivity index (χ3v) is 5.45. The SMILES string of the molecule is COc1cc(/C=C2\SC(=O)N(CC(=O)Nc3ccc(F)c(F)c3F)C2=O)ccc1OCC(C)C. The fourth-order valence-electron chi connectivity index (χ4n) is 2.89. The van der Waals surface area contributed by atoms with E-state index in [1.165, 1.54) is 13.2 Å². The molecule has 7 nitrogen and oxygen atoms in total. The number of ether oxygens (including phenoxy) is 2. The number of hydrogen-bond acceptors (Lipinski definition) is 6. The average Bonchev–Trinajstić information content (AvgIpc) is 3.05. The van der Waals surface area contributed by atoms with E-state index < -0.39 is 46.7 Å². The predicted octanol–water partition coefficient (Wildman–Crippen LogP) is 4.82. The van der Waals surface area contributed by atoms with Gasteiger partial charge >= 0.3 is 0 Å². The number of thioether (sulfide) groups is 1. The number of anilines is 1. The van der Waals surface area contributed by atoms with E-state index in [-0.39, 0.29) is 4.91 Å². The molecule has 1 aliphatic heterocycles. The number of nitrogens with one attached hydrogen (secondary N) is 1. The number of halogens is 3. The molecule has 1 N–H and O–H groups in total. The summed E-state index contributed by atoms with van der Waals surface area (Å²) >= 11 is 0.627. The van der Waals surface area contributed by atoms with Gasteiger partial charge in [0.05, 0.1) is 24.3 Å². The van der Waals surface area contributed by atoms with Gasteiger partial charge in [0.15, 0.2) is 29.0 Å². The number of carbonyl (C=O) groups excluding carboxylic acids is 3. The lowest BCUT2D eigenvalue weighted by Gasteiger charge is -2.13. The Labute approximate surface area is 197 Å². The van der Waals surface area contributed by atoms with Crippen LogP contribution in [0.2, 0.25) is 0 Å². The topological polar surface area (TPSA) is 84.9 Å². The molecule has 180 valence electrons. The Morgan fingerprint density at radius 2 is 1.85 bits per heavy atom. The Bertz CT molecular complexity index is 1170. The Hall–Kier alpha value is -3.47. The lowest BCUT2D eigenvalue weighted by Crippen LogP contribution is -2.36. The van der Waals surface area contributed by atoms with E-state index in [9.17, 15) is 27.6 Å². The highest BCUT2D eigenvalue weighted by atomic mass is 32.2. The molecule has 2 aromatic carbocycles. The van der Waals surface area contributed by atoms with Crippen LogP contribution in [0.1, 0.15) is 19.4 Å². The van der Waals surface area contributed by atoms with E-state index in [1.807, 2.05) is 19.2 Å². The summed E-state index contributed by atoms with van der Waals surface area (Å²) in [6.45, 7) is 3.77. The lowest BCUT2D eigenvalue weighted by molar-refractivity contribution is -0.127. The summed E-state index contributed by atoms with van der Waals surface area (Å²) in [6.07, 6.45) is 1.46. The van der Waals surface area contributed by atoms with Crippen LogP contribution in [0, 0.1) is 23.4 Å². The van der Waals surface area contributed by atoms with E-state index >= 15 is 0 Å². The maximum atomic E-state index is 13.8. The van der Waals surface area contributed by atoms with Gasteiger partial charge < -0.3 is 14.8 Å². The minimum Gasteiger partial charge on any atom is -0.493 e. The van der Waals surface area contributed by atoms with E-state index in [4.69, 9.17) is 9.47 Å². The molecule has 0 bridgehead atoms. The van der Waals surface area contributed by atoms with Crippen molar-refractivity contribution in [3.8, 4) is 11.5 Å². The van der Waals surface area contributed by atoms with Gasteiger partial charge in [-0.25, -0.2) is 13.2 Å². The molecule has 0 unspecified atom stereocenters. The second-order valence-electron chi connectivity index (χ2n) is 7.65. The zero-order chi connectivity index (χ0) is 25.0. The van der Waals surface area contributed by atoms with Crippen molar-refractivity contribution < 1.29 is 37.0 Å². The van der Waals surface area contributed by atoms with Gasteiger partial charge in [-0.1, -0.05) is 19.9 Å². The molecule has 1 aliphatic rings. The fourth-order valence-corrected chi connectivity index (χ4v) is 3.73. The maximum Gasteiger partial charge on any atom is 0.294 e. The summed E-state index contributed by atoms with van der Waals surface area (Å²) in [5, 5.41) is 1.32. The molecule has 1 heterocycles. The molecule has 0 saturated carbocycles. The molecule has 1 fully saturated rings. The Kier molecular flexibility index (Phi) is 7.87. The van der Waals surface area contributed by atoms with Crippen molar-refractivity contribution in [1.29, 1.82) is 0 Å². The largest absolute Gasteiger partial charge is 0.493 e. The zero-order valence-corrected chi connectivity index (χ0v) is 19.3. The third-order valence-electron chi connectivity index (χ3n) is 4.54. The number of benzene rings is 2. The van der Waals surface area contributed by atoms with Gasteiger partial charge in [0.1, 0.15) is 6.54 Å². The standard InChI is InChI=1S/C23H21F3N2O5S/c1-12(2)11-33-16-7-4-13(8-17(16)32-3)9-18-22(30)28(23(31)34-18)10-19(29)27-15-6-5-14(24)20(25)21(15)26/h4-9,12H,10-11H2,1-3H3,(H,27,29)/b18-9-. The molecule has 0 aromatic heterocycles. The first-order chi connectivity index (χ1) is 16.1. The molecule has 3 rings (SSSR count). The molecule has 34 heavy (non-hydrogen) atoms. The Morgan fingerprint density at radius 3 is 2.53 bits per heavy atom. The summed E-state index contributed by atoms with van der Waals surface area (Å²) in [5.74, 6) is -5.14. The minimum atomic E-state index is -1.75. The molecule has 0 spiro atoms. The first-order valence-electron chi connectivity index (χ1n) is 10.1. The van der Waals surface area contributed by atoms with Crippen LogP contribution in [0.25, 0.3) is 6.08 Å². The second-order valence-corrected chi connectivity index (χ2v) is 8.65. The number of hydrogen-bond donors (Lipinski definition) is 1. The second kappa shape index (κ2) is 10.6. The van der Waals surface area contributed by atoms with Crippen molar-refractivity contribution in [1.82, 2.24) is 4.90 Å². The van der Waals surface area contributed by atoms with Crippen molar-refractivity contribution in [3.05, 3.63) is 58.3 Å². The molecule has 3 amide bonds. The Morgan fingerprint density at radius 1 is 1.12 bits per heavy atom. The number of imide groups is 1. The number of rotatable bonds is 8. The number of amides is 3. The van der Waals surface area contributed by atoms with Crippen LogP contribution >= 0.6 is 11.8 Å². The zero-order valence-electron chi connectivity index (χ0n) is 18.5. The van der Waals surface area contributed by atoms with E-state index in [0.717, 1.165) is 6.07 Å². The van der Waals surface area contributed by atoms with E-state index in [1.54, 1.807) is 18.2 Å². The quantitative estimate of drug-likeness (QED) is 0.418. The summed E-state index contributed by atoms with van der Waals surface area (Å²) < 4.78 is 51.2. The summed E-state index contributed by atoms with van der Waals surface area (Å²) in [7, 11) is 1.48. The molecule has 0 atom stereocenters. The van der Waals surface area contributed by atoms with Gasteiger partial charge in [0, 0.05) is 0 Å². The van der Waals surface area contributed by atoms with Crippen LogP contribution in [-0.4, -0.2) is 42.2 Å². The first-order valence-corrected chi connectivity index (χ1v) is 10.9. The lowest BCUT2D eigenvalue weighted by atomic mass is 10.1. The highest BCUT2D eigenvalue weighted by Crippen LogP contribution is 2.34.